The van der Waals surface area contributed by atoms with Crippen molar-refractivity contribution in [3.05, 3.63) is 24.3 Å². The standard InChI is InChI=1S/C5H6O4.C4H4O4/c6-4(7)2-1-3-5(8)9;5-3(6)1-2-4(7)8/h1-2H,3H2,(H,6,7)(H,8,9);1-2H,(H,5,6)(H,7,8)/b;2-1+. The van der Waals surface area contributed by atoms with E-state index in [-0.39, 0.29) is 6.42 Å². The fourth-order valence-electron chi connectivity index (χ4n) is 0.403. The Morgan fingerprint density at radius 2 is 1.06 bits per heavy atom. The molecule has 17 heavy (non-hydrogen) atoms. The van der Waals surface area contributed by atoms with Gasteiger partial charge in [0.2, 0.25) is 0 Å². The number of carboxylic acids is 4. The molecule has 0 rings (SSSR count). The highest BCUT2D eigenvalue weighted by Crippen LogP contribution is 1.81. The van der Waals surface area contributed by atoms with Crippen molar-refractivity contribution in [3.8, 4) is 0 Å². The maximum absolute atomic E-state index is 9.74. The lowest BCUT2D eigenvalue weighted by Crippen LogP contribution is -1.92. The van der Waals surface area contributed by atoms with Crippen molar-refractivity contribution in [2.45, 2.75) is 6.42 Å². The Balaban J connectivity index is 0. The third kappa shape index (κ3) is 24.7. The Bertz CT molecular complexity index is 336. The minimum absolute atomic E-state index is 0.244. The molecule has 94 valence electrons. The minimum Gasteiger partial charge on any atom is -0.481 e. The SMILES string of the molecule is O=C(O)/C=C/C(=O)O.O=C(O)C=CCC(=O)O. The number of hydrogen-bond acceptors (Lipinski definition) is 4. The summed E-state index contributed by atoms with van der Waals surface area (Å²) in [4.78, 5) is 38.5. The van der Waals surface area contributed by atoms with Gasteiger partial charge < -0.3 is 20.4 Å². The Labute approximate surface area is 95.1 Å². The maximum atomic E-state index is 9.74. The molecule has 0 radical (unpaired) electrons. The van der Waals surface area contributed by atoms with Crippen LogP contribution < -0.4 is 0 Å². The predicted octanol–water partition coefficient (Wildman–Crippen LogP) is -0.186. The van der Waals surface area contributed by atoms with Crippen LogP contribution in [0, 0.1) is 0 Å². The summed E-state index contributed by atoms with van der Waals surface area (Å²) < 4.78 is 0. The van der Waals surface area contributed by atoms with E-state index in [1.54, 1.807) is 0 Å². The van der Waals surface area contributed by atoms with E-state index in [2.05, 4.69) is 0 Å². The molecule has 0 aliphatic carbocycles. The smallest absolute Gasteiger partial charge is 0.328 e. The maximum Gasteiger partial charge on any atom is 0.328 e. The summed E-state index contributed by atoms with van der Waals surface area (Å²) in [6.07, 6.45) is 2.75. The Morgan fingerprint density at radius 1 is 0.706 bits per heavy atom. The highest BCUT2D eigenvalue weighted by Gasteiger charge is 1.90. The largest absolute Gasteiger partial charge is 0.481 e. The molecule has 0 aromatic heterocycles. The fourth-order valence-corrected chi connectivity index (χ4v) is 0.403. The van der Waals surface area contributed by atoms with Crippen LogP contribution >= 0.6 is 0 Å². The fraction of sp³-hybridized carbons (Fsp3) is 0.111. The van der Waals surface area contributed by atoms with Crippen LogP contribution in [0.4, 0.5) is 0 Å². The number of aliphatic carboxylic acids is 4. The van der Waals surface area contributed by atoms with E-state index in [0.717, 1.165) is 12.2 Å². The van der Waals surface area contributed by atoms with Gasteiger partial charge in [0.1, 0.15) is 0 Å². The number of carbonyl (C=O) groups is 4. The van der Waals surface area contributed by atoms with Gasteiger partial charge in [-0.3, -0.25) is 4.79 Å². The highest BCUT2D eigenvalue weighted by molar-refractivity contribution is 5.89. The van der Waals surface area contributed by atoms with E-state index in [0.29, 0.717) is 12.2 Å². The zero-order valence-electron chi connectivity index (χ0n) is 8.44. The molecule has 0 saturated heterocycles. The van der Waals surface area contributed by atoms with E-state index in [9.17, 15) is 19.2 Å². The minimum atomic E-state index is -1.26. The van der Waals surface area contributed by atoms with Gasteiger partial charge in [-0.15, -0.1) is 0 Å². The second-order valence-corrected chi connectivity index (χ2v) is 2.35. The molecule has 0 heterocycles. The third-order valence-corrected chi connectivity index (χ3v) is 0.921. The summed E-state index contributed by atoms with van der Waals surface area (Å²) in [5, 5.41) is 31.6. The van der Waals surface area contributed by atoms with Crippen molar-refractivity contribution in [3.63, 3.8) is 0 Å². The molecular weight excluding hydrogens is 236 g/mol. The summed E-state index contributed by atoms with van der Waals surface area (Å²) in [5.74, 6) is -4.68. The molecule has 8 heteroatoms. The molecule has 0 aliphatic rings. The Kier molecular flexibility index (Phi) is 9.77. The van der Waals surface area contributed by atoms with Crippen LogP contribution in [0.15, 0.2) is 24.3 Å². The van der Waals surface area contributed by atoms with Crippen molar-refractivity contribution >= 4 is 23.9 Å². The zero-order valence-corrected chi connectivity index (χ0v) is 8.44. The van der Waals surface area contributed by atoms with Gasteiger partial charge in [-0.2, -0.15) is 0 Å². The lowest BCUT2D eigenvalue weighted by atomic mass is 10.4. The summed E-state index contributed by atoms with van der Waals surface area (Å²) in [5.41, 5.74) is 0. The second-order valence-electron chi connectivity index (χ2n) is 2.35. The van der Waals surface area contributed by atoms with Crippen molar-refractivity contribution in [1.82, 2.24) is 0 Å². The van der Waals surface area contributed by atoms with Crippen LogP contribution in [-0.2, 0) is 19.2 Å². The van der Waals surface area contributed by atoms with Crippen molar-refractivity contribution in [2.24, 2.45) is 0 Å². The molecule has 0 bridgehead atoms. The Hall–Kier alpha value is -2.64. The lowest BCUT2D eigenvalue weighted by molar-refractivity contribution is -0.136. The van der Waals surface area contributed by atoms with Gasteiger partial charge in [0, 0.05) is 18.2 Å². The van der Waals surface area contributed by atoms with Crippen LogP contribution in [0.1, 0.15) is 6.42 Å². The van der Waals surface area contributed by atoms with Gasteiger partial charge in [-0.05, 0) is 0 Å². The Morgan fingerprint density at radius 3 is 1.29 bits per heavy atom. The molecule has 0 unspecified atom stereocenters. The van der Waals surface area contributed by atoms with Gasteiger partial charge in [0.05, 0.1) is 6.42 Å². The van der Waals surface area contributed by atoms with Gasteiger partial charge in [0.25, 0.3) is 0 Å². The van der Waals surface area contributed by atoms with Gasteiger partial charge >= 0.3 is 23.9 Å². The molecule has 0 aromatic carbocycles. The molecule has 0 saturated carbocycles. The molecule has 0 amide bonds. The van der Waals surface area contributed by atoms with Crippen LogP contribution in [0.3, 0.4) is 0 Å². The summed E-state index contributed by atoms with van der Waals surface area (Å²) in [6.45, 7) is 0. The van der Waals surface area contributed by atoms with Crippen molar-refractivity contribution < 1.29 is 39.6 Å². The van der Waals surface area contributed by atoms with Crippen LogP contribution in [-0.4, -0.2) is 44.3 Å². The molecule has 4 N–H and O–H groups in total. The third-order valence-electron chi connectivity index (χ3n) is 0.921. The molecule has 0 atom stereocenters. The normalized spacial score (nSPS) is 9.65. The monoisotopic (exact) mass is 246 g/mol. The summed E-state index contributed by atoms with van der Waals surface area (Å²) >= 11 is 0. The van der Waals surface area contributed by atoms with Gasteiger partial charge in [-0.1, -0.05) is 6.08 Å². The second kappa shape index (κ2) is 9.90. The number of hydrogen-bond donors (Lipinski definition) is 4. The molecule has 0 fully saturated rings. The molecule has 8 nitrogen and oxygen atoms in total. The van der Waals surface area contributed by atoms with Gasteiger partial charge in [0.15, 0.2) is 0 Å². The zero-order chi connectivity index (χ0) is 13.8. The van der Waals surface area contributed by atoms with Crippen molar-refractivity contribution in [2.75, 3.05) is 0 Å². The quantitative estimate of drug-likeness (QED) is 0.487. The van der Waals surface area contributed by atoms with Crippen LogP contribution in [0.5, 0.6) is 0 Å². The lowest BCUT2D eigenvalue weighted by Gasteiger charge is -1.79. The summed E-state index contributed by atoms with van der Waals surface area (Å²) in [7, 11) is 0. The topological polar surface area (TPSA) is 149 Å². The first kappa shape index (κ1) is 16.8. The first-order valence-corrected chi connectivity index (χ1v) is 4.01. The summed E-state index contributed by atoms with van der Waals surface area (Å²) in [6, 6.07) is 0. The van der Waals surface area contributed by atoms with E-state index < -0.39 is 23.9 Å². The average Bonchev–Trinajstić information content (AvgIpc) is 2.14. The average molecular weight is 246 g/mol. The molecule has 0 aromatic rings. The van der Waals surface area contributed by atoms with E-state index in [1.807, 2.05) is 0 Å². The molecular formula is C9H10O8. The van der Waals surface area contributed by atoms with Gasteiger partial charge in [-0.25, -0.2) is 14.4 Å². The van der Waals surface area contributed by atoms with E-state index >= 15 is 0 Å². The molecule has 0 aliphatic heterocycles. The first-order valence-electron chi connectivity index (χ1n) is 4.01. The van der Waals surface area contributed by atoms with E-state index in [4.69, 9.17) is 20.4 Å². The first-order chi connectivity index (χ1) is 7.75. The van der Waals surface area contributed by atoms with Crippen molar-refractivity contribution in [1.29, 1.82) is 0 Å². The number of carboxylic acid groups (broad SMARTS) is 4. The van der Waals surface area contributed by atoms with Crippen LogP contribution in [0.25, 0.3) is 0 Å². The molecule has 0 spiro atoms. The highest BCUT2D eigenvalue weighted by atomic mass is 16.4. The van der Waals surface area contributed by atoms with Crippen LogP contribution in [0.2, 0.25) is 0 Å². The number of rotatable bonds is 5. The predicted molar refractivity (Wildman–Crippen MR) is 53.4 cm³/mol. The van der Waals surface area contributed by atoms with E-state index in [1.165, 1.54) is 0 Å².